The van der Waals surface area contributed by atoms with Crippen LogP contribution in [0.5, 0.6) is 0 Å². The van der Waals surface area contributed by atoms with E-state index < -0.39 is 17.9 Å². The van der Waals surface area contributed by atoms with Crippen LogP contribution in [0, 0.1) is 20.8 Å². The van der Waals surface area contributed by atoms with Crippen molar-refractivity contribution in [3.05, 3.63) is 123 Å². The first-order chi connectivity index (χ1) is 18.3. The molecule has 0 aliphatic heterocycles. The van der Waals surface area contributed by atoms with Gasteiger partial charge in [0.25, 0.3) is 5.56 Å². The molecule has 0 saturated carbocycles. The molecule has 4 rings (SSSR count). The molecule has 0 aliphatic carbocycles. The van der Waals surface area contributed by atoms with E-state index in [0.717, 1.165) is 33.4 Å². The minimum Gasteiger partial charge on any atom is -0.469 e. The summed E-state index contributed by atoms with van der Waals surface area (Å²) >= 11 is 0. The van der Waals surface area contributed by atoms with Crippen LogP contribution in [0.15, 0.2) is 90.1 Å². The first kappa shape index (κ1) is 26.7. The van der Waals surface area contributed by atoms with Gasteiger partial charge in [0.1, 0.15) is 6.04 Å². The Morgan fingerprint density at radius 2 is 1.58 bits per heavy atom. The van der Waals surface area contributed by atoms with E-state index in [0.29, 0.717) is 5.56 Å². The van der Waals surface area contributed by atoms with E-state index in [1.165, 1.54) is 17.7 Å². The molecule has 4 aromatic rings. The van der Waals surface area contributed by atoms with E-state index >= 15 is 0 Å². The summed E-state index contributed by atoms with van der Waals surface area (Å²) < 4.78 is 6.46. The number of nitrogens with zero attached hydrogens (tertiary/aromatic N) is 2. The highest BCUT2D eigenvalue weighted by atomic mass is 16.5. The molecule has 0 saturated heterocycles. The Labute approximate surface area is 222 Å². The quantitative estimate of drug-likeness (QED) is 0.270. The van der Waals surface area contributed by atoms with Gasteiger partial charge >= 0.3 is 5.97 Å². The number of hydrogen-bond donors (Lipinski definition) is 0. The second-order valence-electron chi connectivity index (χ2n) is 9.69. The third-order valence-electron chi connectivity index (χ3n) is 6.87. The molecule has 6 heteroatoms. The molecule has 194 valence electrons. The minimum absolute atomic E-state index is 0.0182. The molecule has 2 heterocycles. The average Bonchev–Trinajstić information content (AvgIpc) is 2.91. The lowest BCUT2D eigenvalue weighted by Crippen LogP contribution is -2.31. The Balaban J connectivity index is 1.76. The van der Waals surface area contributed by atoms with Crippen LogP contribution in [0.2, 0.25) is 0 Å². The van der Waals surface area contributed by atoms with Crippen LogP contribution in [0.1, 0.15) is 52.6 Å². The normalized spacial score (nSPS) is 12.5. The number of benzene rings is 2. The Kier molecular flexibility index (Phi) is 8.31. The van der Waals surface area contributed by atoms with E-state index in [9.17, 15) is 14.4 Å². The Bertz CT molecular complexity index is 1490. The van der Waals surface area contributed by atoms with Gasteiger partial charge in [-0.3, -0.25) is 19.4 Å². The fourth-order valence-corrected chi connectivity index (χ4v) is 4.99. The van der Waals surface area contributed by atoms with Crippen molar-refractivity contribution in [3.63, 3.8) is 0 Å². The van der Waals surface area contributed by atoms with Crippen molar-refractivity contribution in [3.8, 4) is 11.1 Å². The molecule has 0 bridgehead atoms. The molecule has 2 aromatic heterocycles. The highest BCUT2D eigenvalue weighted by Crippen LogP contribution is 2.33. The number of methoxy groups -OCH3 is 1. The van der Waals surface area contributed by atoms with Gasteiger partial charge in [0.15, 0.2) is 5.78 Å². The number of aryl methyl sites for hydroxylation is 3. The lowest BCUT2D eigenvalue weighted by molar-refractivity contribution is -0.141. The zero-order chi connectivity index (χ0) is 27.2. The van der Waals surface area contributed by atoms with Gasteiger partial charge in [0, 0.05) is 42.6 Å². The fourth-order valence-electron chi connectivity index (χ4n) is 4.99. The van der Waals surface area contributed by atoms with Gasteiger partial charge in [-0.1, -0.05) is 54.6 Å². The monoisotopic (exact) mass is 508 g/mol. The van der Waals surface area contributed by atoms with E-state index in [1.807, 2.05) is 49.4 Å². The number of Topliss-reactive ketones (excluding diaryl/α,β-unsaturated/α-hetero) is 1. The van der Waals surface area contributed by atoms with E-state index in [-0.39, 0.29) is 24.2 Å². The zero-order valence-corrected chi connectivity index (χ0v) is 22.2. The molecular formula is C32H32N2O4. The zero-order valence-electron chi connectivity index (χ0n) is 22.2. The van der Waals surface area contributed by atoms with Crippen molar-refractivity contribution < 1.29 is 14.3 Å². The van der Waals surface area contributed by atoms with E-state index in [1.54, 1.807) is 24.7 Å². The number of carbonyl (C=O) groups is 2. The lowest BCUT2D eigenvalue weighted by Gasteiger charge is -2.23. The van der Waals surface area contributed by atoms with Gasteiger partial charge in [-0.25, -0.2) is 0 Å². The molecule has 1 unspecified atom stereocenters. The number of rotatable bonds is 9. The van der Waals surface area contributed by atoms with Gasteiger partial charge in [-0.2, -0.15) is 0 Å². The molecule has 2 atom stereocenters. The first-order valence-electron chi connectivity index (χ1n) is 12.6. The number of ketones is 1. The Hall–Kier alpha value is -4.32. The standard InChI is InChI=1S/C32H32N2O4/c1-21-13-14-29(36)34(20-21)32(24-11-6-5-7-12-24)28(35)16-25(17-30(37)38-4)26-15-27(19-33-18-26)31-22(2)9-8-10-23(31)3/h5-15,18-20,25,32H,16-17H2,1-4H3/t25-,32?/m0/s1. The van der Waals surface area contributed by atoms with Crippen LogP contribution < -0.4 is 5.56 Å². The maximum Gasteiger partial charge on any atom is 0.306 e. The Morgan fingerprint density at radius 1 is 0.868 bits per heavy atom. The number of pyridine rings is 2. The van der Waals surface area contributed by atoms with Crippen molar-refractivity contribution in [2.45, 2.75) is 45.6 Å². The molecule has 6 nitrogen and oxygen atoms in total. The fraction of sp³-hybridized carbons (Fsp3) is 0.250. The van der Waals surface area contributed by atoms with Crippen LogP contribution in [-0.2, 0) is 14.3 Å². The van der Waals surface area contributed by atoms with Crippen LogP contribution in [-0.4, -0.2) is 28.4 Å². The van der Waals surface area contributed by atoms with Crippen molar-refractivity contribution in [2.75, 3.05) is 7.11 Å². The topological polar surface area (TPSA) is 78.3 Å². The predicted octanol–water partition coefficient (Wildman–Crippen LogP) is 5.73. The molecule has 38 heavy (non-hydrogen) atoms. The predicted molar refractivity (Wildman–Crippen MR) is 148 cm³/mol. The molecule has 0 aliphatic rings. The number of aromatic nitrogens is 2. The van der Waals surface area contributed by atoms with Gasteiger partial charge in [0.05, 0.1) is 13.5 Å². The SMILES string of the molecule is COC(=O)C[C@H](CC(=O)C(c1ccccc1)n1cc(C)ccc1=O)c1cncc(-c2c(C)cccc2C)c1. The average molecular weight is 509 g/mol. The van der Waals surface area contributed by atoms with Gasteiger partial charge < -0.3 is 9.30 Å². The van der Waals surface area contributed by atoms with Crippen LogP contribution in [0.3, 0.4) is 0 Å². The molecule has 0 fully saturated rings. The van der Waals surface area contributed by atoms with Crippen molar-refractivity contribution in [1.82, 2.24) is 9.55 Å². The van der Waals surface area contributed by atoms with Crippen LogP contribution in [0.4, 0.5) is 0 Å². The third kappa shape index (κ3) is 5.97. The van der Waals surface area contributed by atoms with Crippen molar-refractivity contribution in [2.24, 2.45) is 0 Å². The number of esters is 1. The largest absolute Gasteiger partial charge is 0.469 e. The second-order valence-corrected chi connectivity index (χ2v) is 9.69. The highest BCUT2D eigenvalue weighted by Gasteiger charge is 2.29. The molecule has 0 radical (unpaired) electrons. The summed E-state index contributed by atoms with van der Waals surface area (Å²) in [6.07, 6.45) is 5.26. The molecule has 0 spiro atoms. The summed E-state index contributed by atoms with van der Waals surface area (Å²) in [7, 11) is 1.34. The van der Waals surface area contributed by atoms with Gasteiger partial charge in [-0.05, 0) is 60.2 Å². The lowest BCUT2D eigenvalue weighted by atomic mass is 9.86. The first-order valence-corrected chi connectivity index (χ1v) is 12.6. The van der Waals surface area contributed by atoms with Crippen molar-refractivity contribution >= 4 is 11.8 Å². The number of ether oxygens (including phenoxy) is 1. The van der Waals surface area contributed by atoms with Crippen molar-refractivity contribution in [1.29, 1.82) is 0 Å². The summed E-state index contributed by atoms with van der Waals surface area (Å²) in [6.45, 7) is 5.98. The summed E-state index contributed by atoms with van der Waals surface area (Å²) in [5, 5.41) is 0. The van der Waals surface area contributed by atoms with Gasteiger partial charge in [0.2, 0.25) is 0 Å². The second kappa shape index (κ2) is 11.8. The van der Waals surface area contributed by atoms with Gasteiger partial charge in [-0.15, -0.1) is 0 Å². The summed E-state index contributed by atoms with van der Waals surface area (Å²) in [4.78, 5) is 43.8. The number of carbonyl (C=O) groups excluding carboxylic acids is 2. The van der Waals surface area contributed by atoms with E-state index in [4.69, 9.17) is 4.74 Å². The number of hydrogen-bond acceptors (Lipinski definition) is 5. The Morgan fingerprint density at radius 3 is 2.26 bits per heavy atom. The summed E-state index contributed by atoms with van der Waals surface area (Å²) in [5.74, 6) is -1.06. The molecule has 0 amide bonds. The molecule has 0 N–H and O–H groups in total. The molecular weight excluding hydrogens is 476 g/mol. The molecule has 2 aromatic carbocycles. The van der Waals surface area contributed by atoms with Crippen LogP contribution in [0.25, 0.3) is 11.1 Å². The maximum atomic E-state index is 14.0. The summed E-state index contributed by atoms with van der Waals surface area (Å²) in [6, 6.07) is 19.8. The maximum absolute atomic E-state index is 14.0. The smallest absolute Gasteiger partial charge is 0.306 e. The highest BCUT2D eigenvalue weighted by molar-refractivity contribution is 5.87. The van der Waals surface area contributed by atoms with E-state index in [2.05, 4.69) is 31.0 Å². The summed E-state index contributed by atoms with van der Waals surface area (Å²) in [5.41, 5.74) is 6.33. The van der Waals surface area contributed by atoms with Crippen LogP contribution >= 0.6 is 0 Å². The minimum atomic E-state index is -0.821. The third-order valence-corrected chi connectivity index (χ3v) is 6.87.